The molecule has 0 fully saturated rings. The quantitative estimate of drug-likeness (QED) is 0.735. The number of carbonyl (C=O) groups excluding carboxylic acids is 1. The number of rotatable bonds is 6. The van der Waals surface area contributed by atoms with Crippen molar-refractivity contribution in [3.05, 3.63) is 59.0 Å². The Bertz CT molecular complexity index is 875. The molecule has 3 rings (SSSR count). The molecule has 0 radical (unpaired) electrons. The smallest absolute Gasteiger partial charge is 0.251 e. The molecule has 130 valence electrons. The minimum absolute atomic E-state index is 0.230. The van der Waals surface area contributed by atoms with Crippen molar-refractivity contribution in [3.8, 4) is 11.5 Å². The van der Waals surface area contributed by atoms with Gasteiger partial charge in [0.05, 0.1) is 24.9 Å². The van der Waals surface area contributed by atoms with E-state index in [1.807, 2.05) is 35.0 Å². The number of fused-ring (bicyclic) bond motifs is 1. The van der Waals surface area contributed by atoms with Crippen LogP contribution in [0.15, 0.2) is 42.7 Å². The van der Waals surface area contributed by atoms with E-state index >= 15 is 0 Å². The Morgan fingerprint density at radius 3 is 2.84 bits per heavy atom. The summed E-state index contributed by atoms with van der Waals surface area (Å²) in [6.45, 7) is 0.467. The number of aromatic nitrogens is 2. The van der Waals surface area contributed by atoms with Crippen molar-refractivity contribution in [3.63, 3.8) is 0 Å². The van der Waals surface area contributed by atoms with Crippen LogP contribution in [-0.2, 0) is 6.42 Å². The molecule has 0 aliphatic rings. The highest BCUT2D eigenvalue weighted by Crippen LogP contribution is 2.35. The lowest BCUT2D eigenvalue weighted by atomic mass is 10.2. The van der Waals surface area contributed by atoms with Crippen LogP contribution in [0.2, 0.25) is 5.02 Å². The average Bonchev–Trinajstić information content (AvgIpc) is 3.03. The van der Waals surface area contributed by atoms with Gasteiger partial charge in [-0.25, -0.2) is 4.98 Å². The molecule has 0 spiro atoms. The maximum absolute atomic E-state index is 12.3. The number of hydrogen-bond acceptors (Lipinski definition) is 4. The van der Waals surface area contributed by atoms with Gasteiger partial charge >= 0.3 is 0 Å². The first-order chi connectivity index (χ1) is 12.1. The molecule has 0 saturated carbocycles. The molecule has 6 nitrogen and oxygen atoms in total. The van der Waals surface area contributed by atoms with Gasteiger partial charge in [-0.1, -0.05) is 17.7 Å². The fourth-order valence-corrected chi connectivity index (χ4v) is 2.85. The van der Waals surface area contributed by atoms with Gasteiger partial charge in [-0.2, -0.15) is 0 Å². The van der Waals surface area contributed by atoms with Crippen LogP contribution in [0, 0.1) is 0 Å². The topological polar surface area (TPSA) is 64.9 Å². The molecular weight excluding hydrogens is 342 g/mol. The summed E-state index contributed by atoms with van der Waals surface area (Å²) >= 11 is 6.13. The molecule has 2 aromatic heterocycles. The van der Waals surface area contributed by atoms with E-state index in [1.165, 1.54) is 14.2 Å². The highest BCUT2D eigenvalue weighted by atomic mass is 35.5. The summed E-state index contributed by atoms with van der Waals surface area (Å²) in [5.41, 5.74) is 2.21. The summed E-state index contributed by atoms with van der Waals surface area (Å²) in [4.78, 5) is 16.8. The normalized spacial score (nSPS) is 10.7. The zero-order valence-electron chi connectivity index (χ0n) is 14.0. The third-order valence-corrected chi connectivity index (χ3v) is 4.06. The van der Waals surface area contributed by atoms with E-state index in [4.69, 9.17) is 21.1 Å². The SMILES string of the molecule is COc1cc(C(=O)NCCc2cn3ccccc3n2)cc(Cl)c1OC. The van der Waals surface area contributed by atoms with Gasteiger partial charge < -0.3 is 19.2 Å². The fraction of sp³-hybridized carbons (Fsp3) is 0.222. The van der Waals surface area contributed by atoms with Crippen molar-refractivity contribution in [1.82, 2.24) is 14.7 Å². The Balaban J connectivity index is 1.65. The number of benzene rings is 1. The third kappa shape index (κ3) is 3.69. The van der Waals surface area contributed by atoms with Gasteiger partial charge in [-0.3, -0.25) is 4.79 Å². The molecule has 2 heterocycles. The molecule has 0 aliphatic heterocycles. The van der Waals surface area contributed by atoms with Crippen LogP contribution in [-0.4, -0.2) is 36.1 Å². The number of pyridine rings is 1. The molecule has 0 aliphatic carbocycles. The second-order valence-electron chi connectivity index (χ2n) is 5.40. The Morgan fingerprint density at radius 2 is 2.12 bits per heavy atom. The van der Waals surface area contributed by atoms with E-state index in [-0.39, 0.29) is 5.91 Å². The first-order valence-corrected chi connectivity index (χ1v) is 8.12. The Labute approximate surface area is 150 Å². The van der Waals surface area contributed by atoms with Crippen molar-refractivity contribution in [2.45, 2.75) is 6.42 Å². The number of nitrogens with zero attached hydrogens (tertiary/aromatic N) is 2. The monoisotopic (exact) mass is 359 g/mol. The second-order valence-corrected chi connectivity index (χ2v) is 5.81. The number of imidazole rings is 1. The molecule has 1 aromatic carbocycles. The number of halogens is 1. The van der Waals surface area contributed by atoms with Gasteiger partial charge in [0.1, 0.15) is 5.65 Å². The lowest BCUT2D eigenvalue weighted by molar-refractivity contribution is 0.0953. The summed E-state index contributed by atoms with van der Waals surface area (Å²) in [6, 6.07) is 8.98. The predicted octanol–water partition coefficient (Wildman–Crippen LogP) is 2.98. The molecule has 1 amide bonds. The Hall–Kier alpha value is -2.73. The number of amides is 1. The number of ether oxygens (including phenoxy) is 2. The highest BCUT2D eigenvalue weighted by Gasteiger charge is 2.15. The van der Waals surface area contributed by atoms with E-state index in [9.17, 15) is 4.79 Å². The minimum atomic E-state index is -0.230. The lowest BCUT2D eigenvalue weighted by Crippen LogP contribution is -2.25. The van der Waals surface area contributed by atoms with E-state index in [2.05, 4.69) is 10.3 Å². The van der Waals surface area contributed by atoms with Crippen molar-refractivity contribution in [2.75, 3.05) is 20.8 Å². The van der Waals surface area contributed by atoms with Crippen LogP contribution >= 0.6 is 11.6 Å². The summed E-state index contributed by atoms with van der Waals surface area (Å²) < 4.78 is 12.3. The largest absolute Gasteiger partial charge is 0.493 e. The number of methoxy groups -OCH3 is 2. The number of hydrogen-bond donors (Lipinski definition) is 1. The van der Waals surface area contributed by atoms with Gasteiger partial charge in [0.2, 0.25) is 0 Å². The molecular formula is C18H18ClN3O3. The standard InChI is InChI=1S/C18H18ClN3O3/c1-24-15-10-12(9-14(19)17(15)25-2)18(23)20-7-6-13-11-22-8-4-3-5-16(22)21-13/h3-5,8-11H,6-7H2,1-2H3,(H,20,23). The van der Waals surface area contributed by atoms with Gasteiger partial charge in [-0.05, 0) is 24.3 Å². The average molecular weight is 360 g/mol. The summed E-state index contributed by atoms with van der Waals surface area (Å²) in [5.74, 6) is 0.595. The van der Waals surface area contributed by atoms with Crippen molar-refractivity contribution in [1.29, 1.82) is 0 Å². The summed E-state index contributed by atoms with van der Waals surface area (Å²) in [5, 5.41) is 3.19. The van der Waals surface area contributed by atoms with Gasteiger partial charge in [0.15, 0.2) is 11.5 Å². The van der Waals surface area contributed by atoms with Crippen LogP contribution < -0.4 is 14.8 Å². The lowest BCUT2D eigenvalue weighted by Gasteiger charge is -2.11. The van der Waals surface area contributed by atoms with Crippen molar-refractivity contribution >= 4 is 23.2 Å². The predicted molar refractivity (Wildman–Crippen MR) is 95.8 cm³/mol. The van der Waals surface area contributed by atoms with Crippen LogP contribution in [0.25, 0.3) is 5.65 Å². The first-order valence-electron chi connectivity index (χ1n) is 7.74. The second kappa shape index (κ2) is 7.44. The maximum Gasteiger partial charge on any atom is 0.251 e. The molecule has 0 bridgehead atoms. The molecule has 1 N–H and O–H groups in total. The zero-order chi connectivity index (χ0) is 17.8. The van der Waals surface area contributed by atoms with Crippen molar-refractivity contribution in [2.24, 2.45) is 0 Å². The van der Waals surface area contributed by atoms with Crippen LogP contribution in [0.4, 0.5) is 0 Å². The van der Waals surface area contributed by atoms with Gasteiger partial charge in [0, 0.05) is 30.9 Å². The van der Waals surface area contributed by atoms with E-state index in [0.717, 1.165) is 11.3 Å². The molecule has 7 heteroatoms. The molecule has 0 atom stereocenters. The van der Waals surface area contributed by atoms with E-state index < -0.39 is 0 Å². The Kier molecular flexibility index (Phi) is 5.09. The van der Waals surface area contributed by atoms with Gasteiger partial charge in [0.25, 0.3) is 5.91 Å². The first kappa shape index (κ1) is 17.1. The molecule has 0 unspecified atom stereocenters. The summed E-state index contributed by atoms with van der Waals surface area (Å²) in [6.07, 6.45) is 4.53. The van der Waals surface area contributed by atoms with E-state index in [1.54, 1.807) is 12.1 Å². The summed E-state index contributed by atoms with van der Waals surface area (Å²) in [7, 11) is 3.00. The number of carbonyl (C=O) groups is 1. The molecule has 3 aromatic rings. The molecule has 25 heavy (non-hydrogen) atoms. The highest BCUT2D eigenvalue weighted by molar-refractivity contribution is 6.32. The Morgan fingerprint density at radius 1 is 1.28 bits per heavy atom. The van der Waals surface area contributed by atoms with Crippen LogP contribution in [0.5, 0.6) is 11.5 Å². The maximum atomic E-state index is 12.3. The minimum Gasteiger partial charge on any atom is -0.493 e. The number of nitrogens with one attached hydrogen (secondary N) is 1. The third-order valence-electron chi connectivity index (χ3n) is 3.78. The van der Waals surface area contributed by atoms with Crippen LogP contribution in [0.1, 0.15) is 16.1 Å². The van der Waals surface area contributed by atoms with E-state index in [0.29, 0.717) is 35.1 Å². The van der Waals surface area contributed by atoms with Crippen LogP contribution in [0.3, 0.4) is 0 Å². The fourth-order valence-electron chi connectivity index (χ4n) is 2.56. The van der Waals surface area contributed by atoms with Gasteiger partial charge in [-0.15, -0.1) is 0 Å². The molecule has 0 saturated heterocycles. The van der Waals surface area contributed by atoms with Crippen molar-refractivity contribution < 1.29 is 14.3 Å². The zero-order valence-corrected chi connectivity index (χ0v) is 14.7.